The quantitative estimate of drug-likeness (QED) is 0.387. The fourth-order valence-corrected chi connectivity index (χ4v) is 4.03. The van der Waals surface area contributed by atoms with Gasteiger partial charge >= 0.3 is 6.09 Å². The molecular weight excluding hydrogens is 462 g/mol. The van der Waals surface area contributed by atoms with Crippen molar-refractivity contribution < 1.29 is 14.3 Å². The van der Waals surface area contributed by atoms with Gasteiger partial charge in [0.2, 0.25) is 0 Å². The Balaban J connectivity index is 1.53. The minimum Gasteiger partial charge on any atom is -0.444 e. The van der Waals surface area contributed by atoms with Gasteiger partial charge in [0, 0.05) is 24.5 Å². The summed E-state index contributed by atoms with van der Waals surface area (Å²) in [5.74, 6) is 0.798. The van der Waals surface area contributed by atoms with E-state index in [-0.39, 0.29) is 17.8 Å². The molecule has 0 aromatic carbocycles. The monoisotopic (exact) mass is 493 g/mol. The number of carbonyl (C=O) groups is 2. The van der Waals surface area contributed by atoms with E-state index >= 15 is 0 Å². The number of nitrogens with zero attached hydrogens (tertiary/aromatic N) is 5. The number of rotatable bonds is 7. The molecule has 190 valence electrons. The number of primary amides is 1. The fourth-order valence-electron chi connectivity index (χ4n) is 4.03. The maximum Gasteiger partial charge on any atom is 0.407 e. The van der Waals surface area contributed by atoms with E-state index in [0.29, 0.717) is 23.1 Å². The first kappa shape index (κ1) is 24.9. The lowest BCUT2D eigenvalue weighted by atomic mass is 9.90. The number of alkyl carbamates (subject to hydrolysis) is 1. The first-order chi connectivity index (χ1) is 17.2. The summed E-state index contributed by atoms with van der Waals surface area (Å²) in [6, 6.07) is 8.62. The van der Waals surface area contributed by atoms with Gasteiger partial charge in [0.25, 0.3) is 5.91 Å². The first-order valence-electron chi connectivity index (χ1n) is 11.9. The van der Waals surface area contributed by atoms with Gasteiger partial charge in [-0.15, -0.1) is 10.2 Å². The van der Waals surface area contributed by atoms with Crippen molar-refractivity contribution in [1.82, 2.24) is 30.3 Å². The van der Waals surface area contributed by atoms with E-state index in [0.717, 1.165) is 25.7 Å². The average molecular weight is 494 g/mol. The maximum atomic E-state index is 12.4. The molecule has 0 aliphatic heterocycles. The van der Waals surface area contributed by atoms with Gasteiger partial charge in [-0.25, -0.2) is 14.5 Å². The topological polar surface area (TPSA) is 162 Å². The molecule has 2 unspecified atom stereocenters. The van der Waals surface area contributed by atoms with Crippen molar-refractivity contribution in [2.24, 2.45) is 5.73 Å². The van der Waals surface area contributed by atoms with Crippen molar-refractivity contribution in [3.63, 3.8) is 0 Å². The van der Waals surface area contributed by atoms with Crippen LogP contribution in [0.5, 0.6) is 0 Å². The lowest BCUT2D eigenvalue weighted by Crippen LogP contribution is -2.49. The van der Waals surface area contributed by atoms with Crippen molar-refractivity contribution in [1.29, 1.82) is 0 Å². The molecule has 1 saturated carbocycles. The van der Waals surface area contributed by atoms with E-state index in [1.807, 2.05) is 32.9 Å². The van der Waals surface area contributed by atoms with Gasteiger partial charge in [-0.1, -0.05) is 18.9 Å². The summed E-state index contributed by atoms with van der Waals surface area (Å²) in [5, 5.41) is 21.8. The van der Waals surface area contributed by atoms with Crippen LogP contribution in [0.4, 0.5) is 22.1 Å². The van der Waals surface area contributed by atoms with Gasteiger partial charge in [0.1, 0.15) is 11.4 Å². The third-order valence-electron chi connectivity index (χ3n) is 5.56. The second-order valence-corrected chi connectivity index (χ2v) is 9.60. The normalized spacial score (nSPS) is 17.8. The summed E-state index contributed by atoms with van der Waals surface area (Å²) in [5.41, 5.74) is 5.30. The van der Waals surface area contributed by atoms with Gasteiger partial charge < -0.3 is 26.4 Å². The van der Waals surface area contributed by atoms with Crippen LogP contribution in [0.15, 0.2) is 42.7 Å². The van der Waals surface area contributed by atoms with Gasteiger partial charge in [0.05, 0.1) is 11.7 Å². The Hall–Kier alpha value is -4.22. The van der Waals surface area contributed by atoms with E-state index in [1.165, 1.54) is 0 Å². The molecule has 1 aliphatic rings. The molecule has 36 heavy (non-hydrogen) atoms. The molecule has 0 bridgehead atoms. The zero-order valence-corrected chi connectivity index (χ0v) is 20.6. The molecule has 2 amide bonds. The fraction of sp³-hybridized carbons (Fsp3) is 0.417. The smallest absolute Gasteiger partial charge is 0.407 e. The number of anilines is 3. The number of nitrogens with two attached hydrogens (primary N) is 1. The molecule has 0 spiro atoms. The Morgan fingerprint density at radius 3 is 2.56 bits per heavy atom. The summed E-state index contributed by atoms with van der Waals surface area (Å²) in [4.78, 5) is 28.9. The van der Waals surface area contributed by atoms with Crippen molar-refractivity contribution >= 4 is 29.3 Å². The Bertz CT molecular complexity index is 1210. The van der Waals surface area contributed by atoms with E-state index < -0.39 is 17.6 Å². The molecule has 12 heteroatoms. The molecule has 12 nitrogen and oxygen atoms in total. The molecule has 4 rings (SSSR count). The molecular formula is C24H31N9O3. The molecule has 3 aromatic heterocycles. The predicted octanol–water partition coefficient (Wildman–Crippen LogP) is 3.15. The van der Waals surface area contributed by atoms with Crippen LogP contribution in [0.25, 0.3) is 5.82 Å². The minimum absolute atomic E-state index is 0.0149. The number of nitrogens with one attached hydrogen (secondary N) is 3. The number of pyridine rings is 1. The molecule has 0 saturated heterocycles. The highest BCUT2D eigenvalue weighted by molar-refractivity contribution is 5.97. The summed E-state index contributed by atoms with van der Waals surface area (Å²) in [6.45, 7) is 5.48. The standard InChI is InChI=1S/C24H31N9O3/c1-24(2,3)36-23(35)29-16-9-5-4-8-15(16)27-19-14-17(21(22(25)34)32-31-19)28-18-10-6-11-20(30-18)33-13-7-12-26-33/h6-7,10-16H,4-5,8-9H2,1-3H3,(H2,25,34)(H,29,35)(H2,27,28,30,31). The van der Waals surface area contributed by atoms with Crippen LogP contribution >= 0.6 is 0 Å². The number of amides is 2. The van der Waals surface area contributed by atoms with Gasteiger partial charge in [0.15, 0.2) is 17.3 Å². The lowest BCUT2D eigenvalue weighted by molar-refractivity contribution is 0.0488. The summed E-state index contributed by atoms with van der Waals surface area (Å²) in [6.07, 6.45) is 6.62. The Morgan fingerprint density at radius 1 is 1.08 bits per heavy atom. The van der Waals surface area contributed by atoms with E-state index in [1.54, 1.807) is 35.3 Å². The number of carbonyl (C=O) groups excluding carboxylic acids is 2. The van der Waals surface area contributed by atoms with Crippen LogP contribution in [0, 0.1) is 0 Å². The van der Waals surface area contributed by atoms with E-state index in [9.17, 15) is 9.59 Å². The predicted molar refractivity (Wildman–Crippen MR) is 134 cm³/mol. The Morgan fingerprint density at radius 2 is 1.86 bits per heavy atom. The molecule has 5 N–H and O–H groups in total. The Kier molecular flexibility index (Phi) is 7.32. The minimum atomic E-state index is -0.720. The maximum absolute atomic E-state index is 12.4. The number of hydrogen-bond acceptors (Lipinski definition) is 9. The van der Waals surface area contributed by atoms with E-state index in [2.05, 4.69) is 36.2 Å². The molecule has 3 heterocycles. The van der Waals surface area contributed by atoms with Gasteiger partial charge in [-0.2, -0.15) is 5.10 Å². The number of ether oxygens (including phenoxy) is 1. The highest BCUT2D eigenvalue weighted by Gasteiger charge is 2.29. The van der Waals surface area contributed by atoms with Crippen molar-refractivity contribution in [2.75, 3.05) is 10.6 Å². The van der Waals surface area contributed by atoms with Crippen molar-refractivity contribution in [2.45, 2.75) is 64.1 Å². The lowest BCUT2D eigenvalue weighted by Gasteiger charge is -2.33. The number of hydrogen-bond donors (Lipinski definition) is 4. The second-order valence-electron chi connectivity index (χ2n) is 9.60. The molecule has 1 fully saturated rings. The largest absolute Gasteiger partial charge is 0.444 e. The highest BCUT2D eigenvalue weighted by atomic mass is 16.6. The van der Waals surface area contributed by atoms with Crippen LogP contribution in [-0.2, 0) is 4.74 Å². The van der Waals surface area contributed by atoms with Crippen LogP contribution in [0.3, 0.4) is 0 Å². The van der Waals surface area contributed by atoms with Gasteiger partial charge in [-0.3, -0.25) is 4.79 Å². The van der Waals surface area contributed by atoms with Crippen LogP contribution in [0.1, 0.15) is 56.9 Å². The van der Waals surface area contributed by atoms with Crippen LogP contribution in [0.2, 0.25) is 0 Å². The molecule has 0 radical (unpaired) electrons. The van der Waals surface area contributed by atoms with Crippen LogP contribution in [-0.4, -0.2) is 54.6 Å². The first-order valence-corrected chi connectivity index (χ1v) is 11.9. The third kappa shape index (κ3) is 6.46. The van der Waals surface area contributed by atoms with Crippen molar-refractivity contribution in [3.05, 3.63) is 48.4 Å². The highest BCUT2D eigenvalue weighted by Crippen LogP contribution is 2.25. The summed E-state index contributed by atoms with van der Waals surface area (Å²) in [7, 11) is 0. The second kappa shape index (κ2) is 10.6. The van der Waals surface area contributed by atoms with E-state index in [4.69, 9.17) is 10.5 Å². The molecule has 1 aliphatic carbocycles. The average Bonchev–Trinajstić information content (AvgIpc) is 3.34. The third-order valence-corrected chi connectivity index (χ3v) is 5.56. The summed E-state index contributed by atoms with van der Waals surface area (Å²) < 4.78 is 7.05. The Labute approximate surface area is 209 Å². The summed E-state index contributed by atoms with van der Waals surface area (Å²) >= 11 is 0. The zero-order valence-electron chi connectivity index (χ0n) is 20.6. The van der Waals surface area contributed by atoms with Crippen molar-refractivity contribution in [3.8, 4) is 5.82 Å². The van der Waals surface area contributed by atoms with Crippen LogP contribution < -0.4 is 21.7 Å². The number of aromatic nitrogens is 5. The van der Waals surface area contributed by atoms with Gasteiger partial charge in [-0.05, 0) is 51.8 Å². The molecule has 2 atom stereocenters. The molecule has 3 aromatic rings. The zero-order chi connectivity index (χ0) is 25.7. The SMILES string of the molecule is CC(C)(C)OC(=O)NC1CCCCC1Nc1cc(Nc2cccc(-n3cccn3)n2)c(C(N)=O)nn1.